The molecule has 0 spiro atoms. The quantitative estimate of drug-likeness (QED) is 0.179. The van der Waals surface area contributed by atoms with Gasteiger partial charge in [-0.15, -0.1) is 0 Å². The zero-order valence-electron chi connectivity index (χ0n) is 29.8. The molecule has 0 saturated carbocycles. The molecule has 4 heterocycles. The Balaban J connectivity index is 1.14. The van der Waals surface area contributed by atoms with E-state index in [0.29, 0.717) is 11.7 Å². The van der Waals surface area contributed by atoms with Crippen LogP contribution in [0.4, 0.5) is 0 Å². The maximum atomic E-state index is 5.41. The summed E-state index contributed by atoms with van der Waals surface area (Å²) < 4.78 is 2.07. The lowest BCUT2D eigenvalue weighted by atomic mass is 9.81. The first-order valence-corrected chi connectivity index (χ1v) is 18.7. The highest BCUT2D eigenvalue weighted by Gasteiger charge is 2.25. The van der Waals surface area contributed by atoms with Crippen LogP contribution in [-0.4, -0.2) is 24.3 Å². The predicted octanol–water partition coefficient (Wildman–Crippen LogP) is 12.0. The fourth-order valence-electron chi connectivity index (χ4n) is 8.19. The van der Waals surface area contributed by atoms with Gasteiger partial charge in [0, 0.05) is 51.1 Å². The summed E-state index contributed by atoms with van der Waals surface area (Å²) in [6.45, 7) is 0. The van der Waals surface area contributed by atoms with Crippen molar-refractivity contribution >= 4 is 43.9 Å². The average Bonchev–Trinajstić information content (AvgIpc) is 3.65. The first kappa shape index (κ1) is 31.3. The fourth-order valence-corrected chi connectivity index (χ4v) is 8.19. The second kappa shape index (κ2) is 12.7. The molecule has 0 saturated heterocycles. The van der Waals surface area contributed by atoms with E-state index in [1.165, 1.54) is 10.8 Å². The summed E-state index contributed by atoms with van der Waals surface area (Å²) in [7, 11) is 0. The highest BCUT2D eigenvalue weighted by Crippen LogP contribution is 2.42. The number of benzene rings is 5. The molecule has 2 aliphatic carbocycles. The van der Waals surface area contributed by atoms with E-state index < -0.39 is 0 Å². The molecule has 5 heteroatoms. The molecular weight excluding hydrogens is 671 g/mol. The average molecular weight is 704 g/mol. The standard InChI is InChI=1S/C50H33N5/c1-2-14-36(15-3-1)49-52-46(39-27-21-32-12-4-6-16-37(32)30-39)44(47(53-49)40-28-22-33-13-5-7-17-38(33)31-40)34-23-25-35(26-24-34)45-41-18-8-9-19-42(41)48-50(54-45)55-29-11-10-20-43(55)51-48/h1-32,37H. The fraction of sp³-hybridized carbons (Fsp3) is 0.0400. The number of aromatic nitrogens is 5. The number of pyridine rings is 2. The Morgan fingerprint density at radius 3 is 2.05 bits per heavy atom. The van der Waals surface area contributed by atoms with Gasteiger partial charge in [-0.1, -0.05) is 164 Å². The van der Waals surface area contributed by atoms with Crippen LogP contribution < -0.4 is 0 Å². The van der Waals surface area contributed by atoms with Gasteiger partial charge in [-0.3, -0.25) is 4.40 Å². The molecule has 2 atom stereocenters. The van der Waals surface area contributed by atoms with E-state index in [1.54, 1.807) is 0 Å². The van der Waals surface area contributed by atoms with E-state index in [2.05, 4.69) is 150 Å². The lowest BCUT2D eigenvalue weighted by molar-refractivity contribution is 0.662. The van der Waals surface area contributed by atoms with Crippen molar-refractivity contribution in [3.05, 3.63) is 194 Å². The van der Waals surface area contributed by atoms with Crippen LogP contribution in [0, 0.1) is 11.8 Å². The molecular formula is C50H33N5. The molecule has 4 aromatic heterocycles. The molecule has 5 nitrogen and oxygen atoms in total. The Labute approximate surface area is 318 Å². The molecule has 258 valence electrons. The normalized spacial score (nSPS) is 16.3. The number of rotatable bonds is 5. The van der Waals surface area contributed by atoms with Crippen LogP contribution in [-0.2, 0) is 0 Å². The van der Waals surface area contributed by atoms with Gasteiger partial charge >= 0.3 is 0 Å². The Kier molecular flexibility index (Phi) is 7.24. The summed E-state index contributed by atoms with van der Waals surface area (Å²) in [5, 5.41) is 4.52. The van der Waals surface area contributed by atoms with Gasteiger partial charge in [-0.25, -0.2) is 19.9 Å². The van der Waals surface area contributed by atoms with Gasteiger partial charge in [-0.2, -0.15) is 0 Å². The van der Waals surface area contributed by atoms with Gasteiger partial charge in [0.25, 0.3) is 0 Å². The Bertz CT molecular complexity index is 3090. The molecule has 0 bridgehead atoms. The van der Waals surface area contributed by atoms with Gasteiger partial charge in [0.05, 0.1) is 17.1 Å². The minimum Gasteiger partial charge on any atom is -0.284 e. The highest BCUT2D eigenvalue weighted by molar-refractivity contribution is 6.09. The molecule has 2 unspecified atom stereocenters. The first-order chi connectivity index (χ1) is 27.2. The minimum absolute atomic E-state index is 0.258. The van der Waals surface area contributed by atoms with Crippen molar-refractivity contribution in [3.8, 4) is 45.0 Å². The Hall–Kier alpha value is -7.24. The number of nitrogens with zero attached hydrogens (tertiary/aromatic N) is 5. The number of hydrogen-bond acceptors (Lipinski definition) is 4. The van der Waals surface area contributed by atoms with Crippen molar-refractivity contribution in [3.63, 3.8) is 0 Å². The van der Waals surface area contributed by atoms with Crippen molar-refractivity contribution < 1.29 is 0 Å². The molecule has 0 amide bonds. The van der Waals surface area contributed by atoms with Crippen molar-refractivity contribution in [2.75, 3.05) is 0 Å². The monoisotopic (exact) mass is 703 g/mol. The zero-order valence-corrected chi connectivity index (χ0v) is 29.8. The molecule has 5 aromatic carbocycles. The van der Waals surface area contributed by atoms with E-state index in [4.69, 9.17) is 19.9 Å². The molecule has 2 aliphatic rings. The zero-order chi connectivity index (χ0) is 36.3. The minimum atomic E-state index is 0.258. The first-order valence-electron chi connectivity index (χ1n) is 18.7. The van der Waals surface area contributed by atoms with Crippen LogP contribution in [0.25, 0.3) is 89.0 Å². The van der Waals surface area contributed by atoms with Crippen LogP contribution in [0.3, 0.4) is 0 Å². The third kappa shape index (κ3) is 5.32. The summed E-state index contributed by atoms with van der Waals surface area (Å²) in [6, 6.07) is 48.7. The third-order valence-corrected chi connectivity index (χ3v) is 10.9. The molecule has 55 heavy (non-hydrogen) atoms. The summed E-state index contributed by atoms with van der Waals surface area (Å²) in [5.41, 5.74) is 11.6. The Morgan fingerprint density at radius 2 is 1.18 bits per heavy atom. The van der Waals surface area contributed by atoms with E-state index in [0.717, 1.165) is 78.1 Å². The summed E-state index contributed by atoms with van der Waals surface area (Å²) >= 11 is 0. The van der Waals surface area contributed by atoms with Gasteiger partial charge in [0.2, 0.25) is 0 Å². The topological polar surface area (TPSA) is 56.0 Å². The van der Waals surface area contributed by atoms with Gasteiger partial charge < -0.3 is 0 Å². The molecule has 11 rings (SSSR count). The molecule has 0 radical (unpaired) electrons. The van der Waals surface area contributed by atoms with E-state index in [1.807, 2.05) is 42.6 Å². The number of imidazole rings is 1. The third-order valence-electron chi connectivity index (χ3n) is 10.9. The second-order valence-electron chi connectivity index (χ2n) is 14.2. The van der Waals surface area contributed by atoms with Crippen molar-refractivity contribution in [2.45, 2.75) is 0 Å². The maximum absolute atomic E-state index is 5.41. The lowest BCUT2D eigenvalue weighted by Gasteiger charge is -2.25. The second-order valence-corrected chi connectivity index (χ2v) is 14.2. The summed E-state index contributed by atoms with van der Waals surface area (Å²) in [4.78, 5) is 21.1. The van der Waals surface area contributed by atoms with Crippen LogP contribution >= 0.6 is 0 Å². The van der Waals surface area contributed by atoms with Crippen LogP contribution in [0.1, 0.15) is 5.69 Å². The number of allylic oxidation sites excluding steroid dienone is 8. The van der Waals surface area contributed by atoms with Crippen molar-refractivity contribution in [1.29, 1.82) is 0 Å². The van der Waals surface area contributed by atoms with Gasteiger partial charge in [0.15, 0.2) is 11.5 Å². The van der Waals surface area contributed by atoms with Crippen LogP contribution in [0.5, 0.6) is 0 Å². The van der Waals surface area contributed by atoms with Crippen LogP contribution in [0.15, 0.2) is 188 Å². The molecule has 0 N–H and O–H groups in total. The Morgan fingerprint density at radius 1 is 0.473 bits per heavy atom. The molecule has 9 aromatic rings. The largest absolute Gasteiger partial charge is 0.284 e. The van der Waals surface area contributed by atoms with Crippen LogP contribution in [0.2, 0.25) is 0 Å². The van der Waals surface area contributed by atoms with Gasteiger partial charge in [0.1, 0.15) is 11.2 Å². The smallest absolute Gasteiger partial charge is 0.165 e. The maximum Gasteiger partial charge on any atom is 0.165 e. The van der Waals surface area contributed by atoms with E-state index in [-0.39, 0.29) is 5.92 Å². The van der Waals surface area contributed by atoms with Crippen molar-refractivity contribution in [1.82, 2.24) is 24.3 Å². The van der Waals surface area contributed by atoms with E-state index >= 15 is 0 Å². The molecule has 0 fully saturated rings. The highest BCUT2D eigenvalue weighted by atomic mass is 15.1. The van der Waals surface area contributed by atoms with Gasteiger partial charge in [-0.05, 0) is 40.1 Å². The predicted molar refractivity (Wildman–Crippen MR) is 225 cm³/mol. The summed E-state index contributed by atoms with van der Waals surface area (Å²) in [6.07, 6.45) is 17.8. The molecule has 0 aliphatic heterocycles. The number of fused-ring (bicyclic) bond motifs is 7. The summed E-state index contributed by atoms with van der Waals surface area (Å²) in [5.74, 6) is 1.29. The van der Waals surface area contributed by atoms with Crippen molar-refractivity contribution in [2.24, 2.45) is 11.8 Å². The van der Waals surface area contributed by atoms with E-state index in [9.17, 15) is 0 Å². The number of hydrogen-bond donors (Lipinski definition) is 0. The lowest BCUT2D eigenvalue weighted by Crippen LogP contribution is -2.12. The SMILES string of the molecule is C1=CC2C=CC(c3nc(-c4ccccc4)nc(-c4ccc5ccccc5c4)c3-c3ccc(-c4nc5c(nc6ccccn65)c5ccccc45)cc3)=CC2C=C1.